The Morgan fingerprint density at radius 2 is 0.962 bits per heavy atom. The van der Waals surface area contributed by atoms with Crippen molar-refractivity contribution in [2.75, 3.05) is 0 Å². The van der Waals surface area contributed by atoms with E-state index in [1.54, 1.807) is 0 Å². The fourth-order valence-corrected chi connectivity index (χ4v) is 19.1. The van der Waals surface area contributed by atoms with Gasteiger partial charge in [-0.15, -0.1) is 0 Å². The summed E-state index contributed by atoms with van der Waals surface area (Å²) in [6, 6.07) is 33.5. The second-order valence-corrected chi connectivity index (χ2v) is 24.3. The van der Waals surface area contributed by atoms with Crippen molar-refractivity contribution in [3.63, 3.8) is 0 Å². The molecule has 0 heterocycles. The standard InChI is InChI=1S/C24H28AsBr/c1-2-3-4-14-21-25(26,22-15-8-5-9-16-22,23-17-10-6-11-18-23)24-19-12-7-13-20-24/h5-13,15-20H,2-4,14,21H2,1H3. The summed E-state index contributed by atoms with van der Waals surface area (Å²) in [5, 5.41) is 1.20. The predicted molar refractivity (Wildman–Crippen MR) is 122 cm³/mol. The molecule has 0 fully saturated rings. The molecule has 0 atom stereocenters. The first-order chi connectivity index (χ1) is 12.7. The molecule has 3 aromatic carbocycles. The third-order valence-corrected chi connectivity index (χ3v) is 24.6. The van der Waals surface area contributed by atoms with Crippen molar-refractivity contribution in [2.45, 2.75) is 37.8 Å². The zero-order valence-corrected chi connectivity index (χ0v) is 19.0. The first kappa shape index (κ1) is 19.5. The molecule has 0 nitrogen and oxygen atoms in total. The second-order valence-electron chi connectivity index (χ2n) is 6.97. The summed E-state index contributed by atoms with van der Waals surface area (Å²) < 4.78 is 4.42. The van der Waals surface area contributed by atoms with E-state index < -0.39 is 10.6 Å². The van der Waals surface area contributed by atoms with Crippen LogP contribution in [0.4, 0.5) is 0 Å². The monoisotopic (exact) mass is 470 g/mol. The van der Waals surface area contributed by atoms with Crippen LogP contribution in [0.2, 0.25) is 5.21 Å². The molecule has 0 aliphatic carbocycles. The van der Waals surface area contributed by atoms with Gasteiger partial charge in [-0.1, -0.05) is 0 Å². The van der Waals surface area contributed by atoms with Gasteiger partial charge in [-0.05, 0) is 0 Å². The molecule has 0 N–H and O–H groups in total. The summed E-state index contributed by atoms with van der Waals surface area (Å²) in [5.74, 6) is 0. The number of hydrogen-bond donors (Lipinski definition) is 0. The third kappa shape index (κ3) is 3.57. The summed E-state index contributed by atoms with van der Waals surface area (Å²) >= 11 is 4.55. The Bertz CT molecular complexity index is 700. The van der Waals surface area contributed by atoms with Gasteiger partial charge in [0.05, 0.1) is 0 Å². The molecule has 26 heavy (non-hydrogen) atoms. The second kappa shape index (κ2) is 8.59. The van der Waals surface area contributed by atoms with Crippen molar-refractivity contribution in [3.8, 4) is 0 Å². The van der Waals surface area contributed by atoms with Gasteiger partial charge in [0.25, 0.3) is 0 Å². The van der Waals surface area contributed by atoms with E-state index >= 15 is 0 Å². The molecule has 0 aromatic heterocycles. The molecule has 3 aromatic rings. The molecule has 0 bridgehead atoms. The molecule has 3 rings (SSSR count). The van der Waals surface area contributed by atoms with Crippen LogP contribution in [0, 0.1) is 0 Å². The average molecular weight is 471 g/mol. The Labute approximate surface area is 165 Å². The van der Waals surface area contributed by atoms with Gasteiger partial charge in [0.15, 0.2) is 0 Å². The topological polar surface area (TPSA) is 0 Å². The van der Waals surface area contributed by atoms with Crippen LogP contribution in [0.25, 0.3) is 0 Å². The molecule has 0 spiro atoms. The molecular weight excluding hydrogens is 443 g/mol. The zero-order chi connectivity index (χ0) is 18.3. The third-order valence-electron chi connectivity index (χ3n) is 5.32. The fraction of sp³-hybridized carbons (Fsp3) is 0.250. The van der Waals surface area contributed by atoms with E-state index in [0.717, 1.165) is 0 Å². The van der Waals surface area contributed by atoms with E-state index in [0.29, 0.717) is 0 Å². The van der Waals surface area contributed by atoms with Gasteiger partial charge in [-0.3, -0.25) is 0 Å². The average Bonchev–Trinajstić information content (AvgIpc) is 2.73. The van der Waals surface area contributed by atoms with Crippen molar-refractivity contribution in [3.05, 3.63) is 91.0 Å². The van der Waals surface area contributed by atoms with Crippen molar-refractivity contribution < 1.29 is 0 Å². The van der Waals surface area contributed by atoms with Crippen molar-refractivity contribution in [1.82, 2.24) is 0 Å². The van der Waals surface area contributed by atoms with Crippen molar-refractivity contribution >= 4 is 37.6 Å². The minimum absolute atomic E-state index is 1.20. The molecule has 0 saturated heterocycles. The number of hydrogen-bond acceptors (Lipinski definition) is 0. The molecule has 136 valence electrons. The van der Waals surface area contributed by atoms with Crippen molar-refractivity contribution in [1.29, 1.82) is 0 Å². The van der Waals surface area contributed by atoms with Gasteiger partial charge < -0.3 is 0 Å². The molecule has 0 radical (unpaired) electrons. The van der Waals surface area contributed by atoms with Crippen LogP contribution >= 0.6 is 13.9 Å². The van der Waals surface area contributed by atoms with Gasteiger partial charge in [-0.2, -0.15) is 0 Å². The van der Waals surface area contributed by atoms with E-state index in [-0.39, 0.29) is 0 Å². The molecular formula is C24H28AsBr. The summed E-state index contributed by atoms with van der Waals surface area (Å²) in [5.41, 5.74) is 0. The van der Waals surface area contributed by atoms with Gasteiger partial charge in [0.2, 0.25) is 0 Å². The molecule has 0 amide bonds. The molecule has 0 saturated carbocycles. The van der Waals surface area contributed by atoms with Gasteiger partial charge in [0, 0.05) is 0 Å². The zero-order valence-electron chi connectivity index (χ0n) is 15.5. The number of unbranched alkanes of at least 4 members (excludes halogenated alkanes) is 3. The molecule has 2 heteroatoms. The Kier molecular flexibility index (Phi) is 6.43. The van der Waals surface area contributed by atoms with Gasteiger partial charge in [-0.25, -0.2) is 0 Å². The minimum atomic E-state index is -3.39. The SMILES string of the molecule is CCCCCC[As](Br)(c1ccccc1)(c1ccccc1)c1ccccc1. The predicted octanol–water partition coefficient (Wildman–Crippen LogP) is 5.58. The van der Waals surface area contributed by atoms with Crippen molar-refractivity contribution in [2.24, 2.45) is 0 Å². The molecule has 0 aliphatic heterocycles. The maximum atomic E-state index is 4.55. The normalized spacial score (nSPS) is 13.1. The van der Waals surface area contributed by atoms with Gasteiger partial charge in [0.1, 0.15) is 0 Å². The number of halogens is 1. The summed E-state index contributed by atoms with van der Waals surface area (Å²) in [6.45, 7) is 2.28. The Hall–Kier alpha value is -1.30. The van der Waals surface area contributed by atoms with E-state index in [9.17, 15) is 0 Å². The van der Waals surface area contributed by atoms with Crippen LogP contribution in [-0.2, 0) is 0 Å². The summed E-state index contributed by atoms with van der Waals surface area (Å²) in [6.07, 6.45) is 5.13. The Balaban J connectivity index is 2.24. The number of benzene rings is 3. The first-order valence-corrected chi connectivity index (χ1v) is 18.1. The van der Waals surface area contributed by atoms with Crippen LogP contribution in [0.15, 0.2) is 91.0 Å². The van der Waals surface area contributed by atoms with E-state index in [4.69, 9.17) is 0 Å². The van der Waals surface area contributed by atoms with Crippen LogP contribution < -0.4 is 13.1 Å². The van der Waals surface area contributed by atoms with Crippen LogP contribution in [-0.4, -0.2) is 10.6 Å². The van der Waals surface area contributed by atoms with E-state index in [2.05, 4.69) is 112 Å². The molecule has 0 aliphatic rings. The van der Waals surface area contributed by atoms with Crippen LogP contribution in [0.1, 0.15) is 32.6 Å². The van der Waals surface area contributed by atoms with Crippen LogP contribution in [0.5, 0.6) is 0 Å². The fourth-order valence-electron chi connectivity index (χ4n) is 3.89. The number of rotatable bonds is 8. The van der Waals surface area contributed by atoms with E-state index in [1.165, 1.54) is 43.9 Å². The Morgan fingerprint density at radius 3 is 1.31 bits per heavy atom. The Morgan fingerprint density at radius 1 is 0.577 bits per heavy atom. The summed E-state index contributed by atoms with van der Waals surface area (Å²) in [7, 11) is -3.39. The van der Waals surface area contributed by atoms with E-state index in [1.807, 2.05) is 0 Å². The molecule has 0 unspecified atom stereocenters. The summed E-state index contributed by atoms with van der Waals surface area (Å²) in [4.78, 5) is 0. The maximum absolute atomic E-state index is 4.55. The van der Waals surface area contributed by atoms with Gasteiger partial charge >= 0.3 is 166 Å². The first-order valence-electron chi connectivity index (χ1n) is 9.60. The van der Waals surface area contributed by atoms with Crippen LogP contribution in [0.3, 0.4) is 0 Å². The quantitative estimate of drug-likeness (QED) is 0.297.